The highest BCUT2D eigenvalue weighted by atomic mass is 32.1. The summed E-state index contributed by atoms with van der Waals surface area (Å²) in [5.41, 5.74) is 11.4. The van der Waals surface area contributed by atoms with Gasteiger partial charge >= 0.3 is 0 Å². The van der Waals surface area contributed by atoms with Crippen molar-refractivity contribution in [2.75, 3.05) is 25.1 Å². The summed E-state index contributed by atoms with van der Waals surface area (Å²) in [6.45, 7) is 13.2. The smallest absolute Gasteiger partial charge is 0.253 e. The molecule has 0 radical (unpaired) electrons. The van der Waals surface area contributed by atoms with Crippen LogP contribution in [0.15, 0.2) is 83.4 Å². The van der Waals surface area contributed by atoms with Gasteiger partial charge in [0, 0.05) is 80.1 Å². The van der Waals surface area contributed by atoms with Gasteiger partial charge in [0.1, 0.15) is 17.8 Å². The van der Waals surface area contributed by atoms with Gasteiger partial charge in [0.2, 0.25) is 17.7 Å². The molecule has 3 amide bonds. The van der Waals surface area contributed by atoms with Crippen molar-refractivity contribution in [3.05, 3.63) is 111 Å². The number of hydrogen-bond acceptors (Lipinski definition) is 10. The number of aliphatic hydroxyl groups is 1. The molecule has 0 spiro atoms. The van der Waals surface area contributed by atoms with Crippen LogP contribution in [0.3, 0.4) is 0 Å². The summed E-state index contributed by atoms with van der Waals surface area (Å²) in [5.74, 6) is -0.158. The lowest BCUT2D eigenvalue weighted by molar-refractivity contribution is -0.144. The van der Waals surface area contributed by atoms with Crippen LogP contribution >= 0.6 is 11.3 Å². The second-order valence-corrected chi connectivity index (χ2v) is 21.5. The van der Waals surface area contributed by atoms with Crippen LogP contribution in [0.4, 0.5) is 11.4 Å². The summed E-state index contributed by atoms with van der Waals surface area (Å²) in [4.78, 5) is 63.2. The Hall–Kier alpha value is -6.32. The Morgan fingerprint density at radius 1 is 0.915 bits per heavy atom. The molecule has 3 aromatic heterocycles. The van der Waals surface area contributed by atoms with E-state index in [-0.39, 0.29) is 42.3 Å². The van der Waals surface area contributed by atoms with Crippen molar-refractivity contribution in [1.82, 2.24) is 34.9 Å². The Kier molecular flexibility index (Phi) is 15.8. The van der Waals surface area contributed by atoms with Gasteiger partial charge in [0.05, 0.1) is 52.7 Å². The van der Waals surface area contributed by atoms with Crippen molar-refractivity contribution >= 4 is 51.3 Å². The number of benzene rings is 3. The molecule has 3 N–H and O–H groups in total. The predicted octanol–water partition coefficient (Wildman–Crippen LogP) is 9.34. The first-order valence-corrected chi connectivity index (χ1v) is 26.1. The van der Waals surface area contributed by atoms with Gasteiger partial charge in [0.15, 0.2) is 0 Å². The molecule has 6 aromatic rings. The summed E-state index contributed by atoms with van der Waals surface area (Å²) in [6, 6.07) is 18.7. The molecule has 5 heterocycles. The molecular weight excluding hydrogens is 913 g/mol. The molecule has 8 rings (SSSR count). The van der Waals surface area contributed by atoms with E-state index in [0.717, 1.165) is 113 Å². The minimum absolute atomic E-state index is 0.00773. The van der Waals surface area contributed by atoms with Gasteiger partial charge in [0.25, 0.3) is 5.56 Å². The van der Waals surface area contributed by atoms with Gasteiger partial charge in [-0.1, -0.05) is 76.8 Å². The first-order valence-electron chi connectivity index (χ1n) is 25.2. The minimum Gasteiger partial charge on any atom is -0.497 e. The molecule has 2 aliphatic heterocycles. The number of nitrogens with zero attached hydrogens (tertiary/aromatic N) is 6. The number of β-amino-alcohol motifs (C(OH)–C–C–N with tert-alkyl or cyclic N) is 1. The number of methoxy groups -OCH3 is 1. The molecule has 0 aliphatic carbocycles. The molecule has 71 heavy (non-hydrogen) atoms. The molecule has 15 heteroatoms. The topological polar surface area (TPSA) is 164 Å². The molecule has 0 bridgehead atoms. The third-order valence-electron chi connectivity index (χ3n) is 14.3. The van der Waals surface area contributed by atoms with Crippen molar-refractivity contribution in [2.45, 2.75) is 137 Å². The van der Waals surface area contributed by atoms with Crippen LogP contribution in [-0.4, -0.2) is 85.4 Å². The molecule has 4 atom stereocenters. The third kappa shape index (κ3) is 11.6. The number of carbonyl (C=O) groups excluding carboxylic acids is 3. The fourth-order valence-corrected chi connectivity index (χ4v) is 11.0. The summed E-state index contributed by atoms with van der Waals surface area (Å²) in [5, 5.41) is 22.5. The SMILES string of the molecule is COc1cc(N2CCCc3cc(-c4cnn(CCCCCCCCC(=O)N[C@@H](C(=O)N5C[C@@H](O)C[C@@H]5C(=O)N[C@H](C)c5ccc(-c6scnc6C)cc5)C(C)(C)C)c4)ccc32)c2cc(C)c(=O)n(C)c2c1. The van der Waals surface area contributed by atoms with E-state index in [1.807, 2.05) is 101 Å². The van der Waals surface area contributed by atoms with E-state index in [1.54, 1.807) is 23.0 Å². The maximum absolute atomic E-state index is 14.2. The summed E-state index contributed by atoms with van der Waals surface area (Å²) in [7, 11) is 3.48. The van der Waals surface area contributed by atoms with Crippen LogP contribution in [0.25, 0.3) is 32.5 Å². The van der Waals surface area contributed by atoms with E-state index in [9.17, 15) is 24.3 Å². The number of anilines is 2. The minimum atomic E-state index is -0.856. The lowest BCUT2D eigenvalue weighted by Crippen LogP contribution is -2.57. The van der Waals surface area contributed by atoms with E-state index < -0.39 is 23.6 Å². The standard InChI is InChI=1S/C56H70N8O6S/c1-35-26-45-47(61(7)54(35)68)29-44(70-8)30-48(45)63-25-15-16-41-27-40(22-23-46(41)63)42-31-58-62(32-42)24-14-12-10-9-11-13-17-50(66)60-52(56(4,5)6)55(69)64-33-43(65)28-49(64)53(67)59-36(2)38-18-20-39(21-19-38)51-37(3)57-34-71-51/h18-23,26-27,29-32,34,36,43,49,52,65H,9-17,24-25,28,33H2,1-8H3,(H,59,67)(H,60,66)/t36-,43+,49-,52+/m1/s1. The summed E-state index contributed by atoms with van der Waals surface area (Å²) in [6.07, 6.45) is 11.4. The number of aliphatic hydroxyl groups excluding tert-OH is 1. The lowest BCUT2D eigenvalue weighted by Gasteiger charge is -2.35. The van der Waals surface area contributed by atoms with Crippen LogP contribution in [0.5, 0.6) is 5.75 Å². The average Bonchev–Trinajstić information content (AvgIpc) is 4.12. The number of amides is 3. The normalized spacial score (nSPS) is 16.7. The van der Waals surface area contributed by atoms with E-state index in [2.05, 4.69) is 51.0 Å². The fraction of sp³-hybridized carbons (Fsp3) is 0.464. The first kappa shape index (κ1) is 51.0. The Balaban J connectivity index is 0.776. The van der Waals surface area contributed by atoms with Gasteiger partial charge in [-0.05, 0) is 92.3 Å². The number of carbonyl (C=O) groups is 3. The number of fused-ring (bicyclic) bond motifs is 2. The van der Waals surface area contributed by atoms with E-state index in [4.69, 9.17) is 9.84 Å². The zero-order valence-electron chi connectivity index (χ0n) is 42.6. The van der Waals surface area contributed by atoms with Gasteiger partial charge in [-0.15, -0.1) is 11.3 Å². The van der Waals surface area contributed by atoms with Crippen molar-refractivity contribution < 1.29 is 24.2 Å². The van der Waals surface area contributed by atoms with Gasteiger partial charge in [-0.2, -0.15) is 5.10 Å². The predicted molar refractivity (Wildman–Crippen MR) is 282 cm³/mol. The monoisotopic (exact) mass is 983 g/mol. The van der Waals surface area contributed by atoms with Crippen molar-refractivity contribution in [1.29, 1.82) is 0 Å². The van der Waals surface area contributed by atoms with Gasteiger partial charge < -0.3 is 34.8 Å². The molecule has 1 saturated heterocycles. The number of hydrogen-bond donors (Lipinski definition) is 3. The van der Waals surface area contributed by atoms with E-state index in [0.29, 0.717) is 18.4 Å². The van der Waals surface area contributed by atoms with E-state index in [1.165, 1.54) is 16.2 Å². The number of unbranched alkanes of at least 4 members (excludes halogenated alkanes) is 5. The number of thiazole rings is 1. The number of pyridine rings is 1. The van der Waals surface area contributed by atoms with Crippen LogP contribution in [0, 0.1) is 19.3 Å². The highest BCUT2D eigenvalue weighted by Gasteiger charge is 2.44. The van der Waals surface area contributed by atoms with Crippen LogP contribution in [0.2, 0.25) is 0 Å². The Morgan fingerprint density at radius 2 is 1.65 bits per heavy atom. The number of rotatable bonds is 18. The molecule has 376 valence electrons. The van der Waals surface area contributed by atoms with Crippen molar-refractivity contribution in [3.8, 4) is 27.3 Å². The van der Waals surface area contributed by atoms with Crippen molar-refractivity contribution in [2.24, 2.45) is 12.5 Å². The lowest BCUT2D eigenvalue weighted by atomic mass is 9.85. The number of aryl methyl sites for hydroxylation is 5. The van der Waals surface area contributed by atoms with Crippen LogP contribution in [-0.2, 0) is 34.4 Å². The Labute approximate surface area is 421 Å². The molecule has 3 aromatic carbocycles. The summed E-state index contributed by atoms with van der Waals surface area (Å²) < 4.78 is 9.42. The quantitative estimate of drug-likeness (QED) is 0.0713. The second kappa shape index (κ2) is 22.0. The largest absolute Gasteiger partial charge is 0.497 e. The maximum Gasteiger partial charge on any atom is 0.253 e. The molecule has 0 unspecified atom stereocenters. The van der Waals surface area contributed by atoms with Crippen LogP contribution in [0.1, 0.15) is 114 Å². The number of nitrogens with one attached hydrogen (secondary N) is 2. The summed E-state index contributed by atoms with van der Waals surface area (Å²) >= 11 is 1.59. The molecular formula is C56H70N8O6S. The highest BCUT2D eigenvalue weighted by molar-refractivity contribution is 7.13. The average molecular weight is 983 g/mol. The molecule has 0 saturated carbocycles. The first-order chi connectivity index (χ1) is 34.0. The zero-order chi connectivity index (χ0) is 50.6. The molecule has 14 nitrogen and oxygen atoms in total. The van der Waals surface area contributed by atoms with Crippen molar-refractivity contribution in [3.63, 3.8) is 0 Å². The Morgan fingerprint density at radius 3 is 2.37 bits per heavy atom. The number of likely N-dealkylation sites (tertiary alicyclic amines) is 1. The van der Waals surface area contributed by atoms with Crippen LogP contribution < -0.4 is 25.8 Å². The fourth-order valence-electron chi connectivity index (χ4n) is 10.2. The van der Waals surface area contributed by atoms with E-state index >= 15 is 0 Å². The van der Waals surface area contributed by atoms with Gasteiger partial charge in [-0.25, -0.2) is 4.98 Å². The number of ether oxygens (including phenoxy) is 1. The third-order valence-corrected chi connectivity index (χ3v) is 15.2. The second-order valence-electron chi connectivity index (χ2n) is 20.6. The molecule has 1 fully saturated rings. The maximum atomic E-state index is 14.2. The van der Waals surface area contributed by atoms with Gasteiger partial charge in [-0.3, -0.25) is 23.9 Å². The molecule has 2 aliphatic rings. The highest BCUT2D eigenvalue weighted by Crippen LogP contribution is 2.41. The number of aromatic nitrogens is 4. The zero-order valence-corrected chi connectivity index (χ0v) is 43.4. The Bertz CT molecular complexity index is 2930.